The van der Waals surface area contributed by atoms with Gasteiger partial charge in [0, 0.05) is 48.9 Å². The van der Waals surface area contributed by atoms with Crippen molar-refractivity contribution in [2.24, 2.45) is 5.73 Å². The molecule has 0 spiro atoms. The molecule has 1 atom stereocenters. The van der Waals surface area contributed by atoms with E-state index >= 15 is 0 Å². The molecule has 2 saturated heterocycles. The molecule has 3 rings (SSSR count). The van der Waals surface area contributed by atoms with Gasteiger partial charge < -0.3 is 15.5 Å². The molecule has 2 N–H and O–H groups in total. The zero-order chi connectivity index (χ0) is 17.5. The lowest BCUT2D eigenvalue weighted by atomic mass is 10.0. The summed E-state index contributed by atoms with van der Waals surface area (Å²) in [6.07, 6.45) is 3.80. The fraction of sp³-hybridized carbons (Fsp3) is 0.700. The molecule has 1 aromatic carbocycles. The van der Waals surface area contributed by atoms with E-state index in [2.05, 4.69) is 52.1 Å². The lowest BCUT2D eigenvalue weighted by molar-refractivity contribution is 0.0638. The largest absolute Gasteiger partial charge is 0.327 e. The number of piperazine rings is 1. The summed E-state index contributed by atoms with van der Waals surface area (Å²) < 4.78 is 0. The Morgan fingerprint density at radius 3 is 2.40 bits per heavy atom. The first-order valence-electron chi connectivity index (χ1n) is 9.79. The molecule has 2 aliphatic heterocycles. The van der Waals surface area contributed by atoms with Gasteiger partial charge in [0.15, 0.2) is 0 Å². The van der Waals surface area contributed by atoms with E-state index in [-0.39, 0.29) is 6.04 Å². The van der Waals surface area contributed by atoms with Crippen LogP contribution >= 0.6 is 11.8 Å². The number of nitrogens with two attached hydrogens (primary N) is 1. The van der Waals surface area contributed by atoms with Gasteiger partial charge in [-0.05, 0) is 58.1 Å². The van der Waals surface area contributed by atoms with Crippen LogP contribution in [0.4, 0.5) is 0 Å². The fourth-order valence-corrected chi connectivity index (χ4v) is 4.79. The Morgan fingerprint density at radius 1 is 1.04 bits per heavy atom. The Labute approximate surface area is 157 Å². The highest BCUT2D eigenvalue weighted by Crippen LogP contribution is 2.19. The van der Waals surface area contributed by atoms with Crippen LogP contribution in [0, 0.1) is 0 Å². The van der Waals surface area contributed by atoms with Gasteiger partial charge in [-0.2, -0.15) is 0 Å². The van der Waals surface area contributed by atoms with Crippen LogP contribution in [0.1, 0.15) is 19.3 Å². The summed E-state index contributed by atoms with van der Waals surface area (Å²) >= 11 is 1.88. The van der Waals surface area contributed by atoms with Gasteiger partial charge >= 0.3 is 0 Å². The molecule has 5 heteroatoms. The SMILES string of the molecule is CN1CCC(N2CCN(CCC(N)CSc3ccccc3)CC2)CC1. The van der Waals surface area contributed by atoms with Crippen molar-refractivity contribution in [3.63, 3.8) is 0 Å². The van der Waals surface area contributed by atoms with Crippen molar-refractivity contribution in [2.45, 2.75) is 36.2 Å². The first-order valence-corrected chi connectivity index (χ1v) is 10.8. The number of hydrogen-bond acceptors (Lipinski definition) is 5. The van der Waals surface area contributed by atoms with Gasteiger partial charge in [0.1, 0.15) is 0 Å². The van der Waals surface area contributed by atoms with Crippen LogP contribution in [-0.4, -0.2) is 85.4 Å². The normalized spacial score (nSPS) is 23.0. The monoisotopic (exact) mass is 362 g/mol. The second kappa shape index (κ2) is 9.93. The van der Waals surface area contributed by atoms with Crippen molar-refractivity contribution in [1.82, 2.24) is 14.7 Å². The van der Waals surface area contributed by atoms with Crippen molar-refractivity contribution in [1.29, 1.82) is 0 Å². The van der Waals surface area contributed by atoms with E-state index in [0.717, 1.165) is 24.8 Å². The maximum atomic E-state index is 6.33. The third-order valence-corrected chi connectivity index (χ3v) is 6.84. The van der Waals surface area contributed by atoms with E-state index in [1.165, 1.54) is 57.0 Å². The molecule has 140 valence electrons. The Morgan fingerprint density at radius 2 is 1.72 bits per heavy atom. The molecule has 1 aromatic rings. The average Bonchev–Trinajstić information content (AvgIpc) is 2.67. The van der Waals surface area contributed by atoms with Crippen molar-refractivity contribution in [2.75, 3.05) is 58.6 Å². The Hall–Kier alpha value is -0.590. The molecular formula is C20H34N4S. The minimum Gasteiger partial charge on any atom is -0.327 e. The topological polar surface area (TPSA) is 35.7 Å². The molecule has 0 aliphatic carbocycles. The van der Waals surface area contributed by atoms with E-state index in [9.17, 15) is 0 Å². The van der Waals surface area contributed by atoms with Crippen molar-refractivity contribution < 1.29 is 0 Å². The van der Waals surface area contributed by atoms with Crippen molar-refractivity contribution in [3.05, 3.63) is 30.3 Å². The predicted octanol–water partition coefficient (Wildman–Crippen LogP) is 2.21. The van der Waals surface area contributed by atoms with Crippen LogP contribution in [0.15, 0.2) is 35.2 Å². The lowest BCUT2D eigenvalue weighted by Gasteiger charge is -2.42. The van der Waals surface area contributed by atoms with Crippen molar-refractivity contribution in [3.8, 4) is 0 Å². The highest BCUT2D eigenvalue weighted by atomic mass is 32.2. The molecule has 0 radical (unpaired) electrons. The minimum absolute atomic E-state index is 0.289. The number of thioether (sulfide) groups is 1. The number of likely N-dealkylation sites (tertiary alicyclic amines) is 1. The molecule has 25 heavy (non-hydrogen) atoms. The van der Waals surface area contributed by atoms with Gasteiger partial charge in [0.2, 0.25) is 0 Å². The number of rotatable bonds is 7. The molecule has 0 bridgehead atoms. The van der Waals surface area contributed by atoms with E-state index in [1.54, 1.807) is 0 Å². The number of benzene rings is 1. The number of hydrogen-bond donors (Lipinski definition) is 1. The van der Waals surface area contributed by atoms with Crippen LogP contribution in [0.2, 0.25) is 0 Å². The summed E-state index contributed by atoms with van der Waals surface area (Å²) in [4.78, 5) is 9.12. The van der Waals surface area contributed by atoms with Crippen LogP contribution in [0.25, 0.3) is 0 Å². The maximum Gasteiger partial charge on any atom is 0.0146 e. The highest BCUT2D eigenvalue weighted by molar-refractivity contribution is 7.99. The first-order chi connectivity index (χ1) is 12.2. The molecule has 2 fully saturated rings. The summed E-state index contributed by atoms with van der Waals surface area (Å²) in [6, 6.07) is 11.7. The van der Waals surface area contributed by atoms with Crippen LogP contribution in [0.3, 0.4) is 0 Å². The molecule has 0 saturated carbocycles. The zero-order valence-corrected chi connectivity index (χ0v) is 16.5. The second-order valence-corrected chi connectivity index (χ2v) is 8.68. The molecule has 2 aliphatic rings. The van der Waals surface area contributed by atoms with Gasteiger partial charge in [-0.25, -0.2) is 0 Å². The molecular weight excluding hydrogens is 328 g/mol. The third-order valence-electron chi connectivity index (χ3n) is 5.63. The average molecular weight is 363 g/mol. The van der Waals surface area contributed by atoms with Crippen LogP contribution in [-0.2, 0) is 0 Å². The summed E-state index contributed by atoms with van der Waals surface area (Å²) in [6.45, 7) is 8.58. The van der Waals surface area contributed by atoms with Gasteiger partial charge in [0.05, 0.1) is 0 Å². The summed E-state index contributed by atoms with van der Waals surface area (Å²) in [5, 5.41) is 0. The summed E-state index contributed by atoms with van der Waals surface area (Å²) in [7, 11) is 2.24. The van der Waals surface area contributed by atoms with Gasteiger partial charge in [-0.15, -0.1) is 11.8 Å². The molecule has 0 amide bonds. The molecule has 0 aromatic heterocycles. The maximum absolute atomic E-state index is 6.33. The fourth-order valence-electron chi connectivity index (χ4n) is 3.86. The van der Waals surface area contributed by atoms with E-state index in [4.69, 9.17) is 5.73 Å². The van der Waals surface area contributed by atoms with E-state index < -0.39 is 0 Å². The first kappa shape index (κ1) is 19.2. The third kappa shape index (κ3) is 6.26. The summed E-state index contributed by atoms with van der Waals surface area (Å²) in [5.41, 5.74) is 6.33. The van der Waals surface area contributed by atoms with Crippen molar-refractivity contribution >= 4 is 11.8 Å². The van der Waals surface area contributed by atoms with E-state index in [0.29, 0.717) is 0 Å². The van der Waals surface area contributed by atoms with Gasteiger partial charge in [-0.3, -0.25) is 4.90 Å². The zero-order valence-electron chi connectivity index (χ0n) is 15.6. The Balaban J connectivity index is 1.30. The van der Waals surface area contributed by atoms with Crippen LogP contribution < -0.4 is 5.73 Å². The predicted molar refractivity (Wildman–Crippen MR) is 108 cm³/mol. The molecule has 1 unspecified atom stereocenters. The van der Waals surface area contributed by atoms with Gasteiger partial charge in [-0.1, -0.05) is 18.2 Å². The standard InChI is InChI=1S/C20H34N4S/c1-22-10-8-19(9-11-22)24-15-13-23(14-16-24)12-7-18(21)17-25-20-5-3-2-4-6-20/h2-6,18-19H,7-17,21H2,1H3. The summed E-state index contributed by atoms with van der Waals surface area (Å²) in [5.74, 6) is 1.01. The lowest BCUT2D eigenvalue weighted by Crippen LogP contribution is -2.53. The van der Waals surface area contributed by atoms with E-state index in [1.807, 2.05) is 11.8 Å². The quantitative estimate of drug-likeness (QED) is 0.753. The molecule has 4 nitrogen and oxygen atoms in total. The minimum atomic E-state index is 0.289. The second-order valence-electron chi connectivity index (χ2n) is 7.58. The Kier molecular flexibility index (Phi) is 7.62. The molecule has 2 heterocycles. The number of piperidine rings is 1. The highest BCUT2D eigenvalue weighted by Gasteiger charge is 2.26. The smallest absolute Gasteiger partial charge is 0.0146 e. The van der Waals surface area contributed by atoms with Gasteiger partial charge in [0.25, 0.3) is 0 Å². The number of nitrogens with zero attached hydrogens (tertiary/aromatic N) is 3. The van der Waals surface area contributed by atoms with Crippen LogP contribution in [0.5, 0.6) is 0 Å². The Bertz CT molecular complexity index is 482.